The van der Waals surface area contributed by atoms with Crippen LogP contribution in [0.25, 0.3) is 0 Å². The third-order valence-electron chi connectivity index (χ3n) is 3.60. The summed E-state index contributed by atoms with van der Waals surface area (Å²) in [4.78, 5) is 36.2. The van der Waals surface area contributed by atoms with Crippen molar-refractivity contribution in [3.05, 3.63) is 24.3 Å². The van der Waals surface area contributed by atoms with Gasteiger partial charge in [0.15, 0.2) is 0 Å². The van der Waals surface area contributed by atoms with Crippen LogP contribution < -0.4 is 18.9 Å². The average molecular weight is 428 g/mol. The summed E-state index contributed by atoms with van der Waals surface area (Å²) in [5.41, 5.74) is -1.21. The summed E-state index contributed by atoms with van der Waals surface area (Å²) < 4.78 is 45.5. The second-order valence-corrected chi connectivity index (χ2v) is 8.09. The number of ether oxygens (including phenoxy) is 3. The van der Waals surface area contributed by atoms with E-state index in [9.17, 15) is 22.8 Å². The third kappa shape index (κ3) is 11.9. The van der Waals surface area contributed by atoms with Crippen molar-refractivity contribution >= 4 is 28.0 Å². The van der Waals surface area contributed by atoms with Crippen molar-refractivity contribution in [3.8, 4) is 0 Å². The van der Waals surface area contributed by atoms with Crippen molar-refractivity contribution < 1.29 is 61.9 Å². The largest absolute Gasteiger partial charge is 1.00 e. The Morgan fingerprint density at radius 1 is 1.00 bits per heavy atom. The van der Waals surface area contributed by atoms with E-state index in [1.165, 1.54) is 13.8 Å². The molecule has 0 spiro atoms. The predicted octanol–water partition coefficient (Wildman–Crippen LogP) is -1.05. The molecule has 0 heterocycles. The van der Waals surface area contributed by atoms with Gasteiger partial charge in [-0.2, -0.15) is 8.42 Å². The van der Waals surface area contributed by atoms with E-state index in [1.54, 1.807) is 6.92 Å². The van der Waals surface area contributed by atoms with Crippen molar-refractivity contribution in [2.45, 2.75) is 40.0 Å². The number of hydrogen-bond donors (Lipinski definition) is 1. The standard InChI is InChI=1S/C18H28O9S.Li.H/c1-6-8-18(11-26-15(19)13(2)3,12-27-16(20)14(4)5)17(21)25-9-7-10-28(22,23)24;;/h2,4,6-12H2,1,3,5H3,(H,22,23,24);;/q;+1;-1. The number of esters is 3. The summed E-state index contributed by atoms with van der Waals surface area (Å²) >= 11 is 0. The fraction of sp³-hybridized carbons (Fsp3) is 0.611. The summed E-state index contributed by atoms with van der Waals surface area (Å²) in [6.07, 6.45) is 0.538. The molecule has 29 heavy (non-hydrogen) atoms. The van der Waals surface area contributed by atoms with E-state index in [-0.39, 0.29) is 50.9 Å². The zero-order valence-electron chi connectivity index (χ0n) is 18.5. The Bertz CT molecular complexity index is 689. The van der Waals surface area contributed by atoms with Gasteiger partial charge in [0.1, 0.15) is 18.6 Å². The van der Waals surface area contributed by atoms with Crippen LogP contribution in [0.15, 0.2) is 24.3 Å². The van der Waals surface area contributed by atoms with E-state index < -0.39 is 52.4 Å². The predicted molar refractivity (Wildman–Crippen MR) is 102 cm³/mol. The van der Waals surface area contributed by atoms with Gasteiger partial charge in [-0.15, -0.1) is 0 Å². The molecule has 0 aromatic heterocycles. The van der Waals surface area contributed by atoms with Crippen molar-refractivity contribution in [3.63, 3.8) is 0 Å². The molecule has 162 valence electrons. The van der Waals surface area contributed by atoms with Crippen LogP contribution >= 0.6 is 0 Å². The van der Waals surface area contributed by atoms with Gasteiger partial charge < -0.3 is 15.6 Å². The molecule has 0 bridgehead atoms. The van der Waals surface area contributed by atoms with Gasteiger partial charge in [-0.3, -0.25) is 9.35 Å². The maximum absolute atomic E-state index is 12.7. The molecule has 0 radical (unpaired) electrons. The quantitative estimate of drug-likeness (QED) is 0.0974. The van der Waals surface area contributed by atoms with Gasteiger partial charge in [0, 0.05) is 11.1 Å². The molecule has 0 rings (SSSR count). The third-order valence-corrected chi connectivity index (χ3v) is 4.40. The van der Waals surface area contributed by atoms with E-state index in [1.807, 2.05) is 0 Å². The van der Waals surface area contributed by atoms with Crippen LogP contribution in [0.3, 0.4) is 0 Å². The molecule has 9 nitrogen and oxygen atoms in total. The van der Waals surface area contributed by atoms with Gasteiger partial charge in [-0.1, -0.05) is 26.5 Å². The van der Waals surface area contributed by atoms with Crippen molar-refractivity contribution in [1.29, 1.82) is 0 Å². The van der Waals surface area contributed by atoms with Crippen LogP contribution in [0.4, 0.5) is 0 Å². The Kier molecular flexibility index (Phi) is 13.9. The summed E-state index contributed by atoms with van der Waals surface area (Å²) in [5, 5.41) is 0. The van der Waals surface area contributed by atoms with Crippen LogP contribution in [0.2, 0.25) is 0 Å². The minimum Gasteiger partial charge on any atom is -1.00 e. The van der Waals surface area contributed by atoms with Crippen LogP contribution in [0.5, 0.6) is 0 Å². The summed E-state index contributed by atoms with van der Waals surface area (Å²) in [5.74, 6) is -2.82. The molecule has 0 saturated heterocycles. The molecule has 0 fully saturated rings. The van der Waals surface area contributed by atoms with E-state index in [4.69, 9.17) is 18.8 Å². The first-order valence-electron chi connectivity index (χ1n) is 8.62. The van der Waals surface area contributed by atoms with Gasteiger partial charge >= 0.3 is 36.8 Å². The minimum atomic E-state index is -4.18. The fourth-order valence-corrected chi connectivity index (χ4v) is 2.58. The first-order valence-corrected chi connectivity index (χ1v) is 10.2. The minimum absolute atomic E-state index is 0. The molecule has 1 N–H and O–H groups in total. The van der Waals surface area contributed by atoms with Crippen LogP contribution in [0.1, 0.15) is 41.5 Å². The molecule has 0 aliphatic heterocycles. The Morgan fingerprint density at radius 2 is 1.45 bits per heavy atom. The summed E-state index contributed by atoms with van der Waals surface area (Å²) in [7, 11) is -4.18. The van der Waals surface area contributed by atoms with Crippen LogP contribution in [0, 0.1) is 5.41 Å². The monoisotopic (exact) mass is 428 g/mol. The van der Waals surface area contributed by atoms with Gasteiger partial charge in [-0.25, -0.2) is 9.59 Å². The topological polar surface area (TPSA) is 133 Å². The molecule has 0 aromatic carbocycles. The molecule has 11 heteroatoms. The maximum Gasteiger partial charge on any atom is 1.00 e. The first kappa shape index (κ1) is 29.6. The van der Waals surface area contributed by atoms with Gasteiger partial charge in [0.05, 0.1) is 12.4 Å². The van der Waals surface area contributed by atoms with E-state index in [2.05, 4.69) is 13.2 Å². The molecule has 0 aliphatic carbocycles. The summed E-state index contributed by atoms with van der Waals surface area (Å²) in [6.45, 7) is 10.5. The van der Waals surface area contributed by atoms with Gasteiger partial charge in [-0.05, 0) is 26.7 Å². The Morgan fingerprint density at radius 3 is 1.79 bits per heavy atom. The Labute approximate surface area is 185 Å². The normalized spacial score (nSPS) is 11.0. The number of carbonyl (C=O) groups excluding carboxylic acids is 3. The van der Waals surface area contributed by atoms with E-state index in [0.717, 1.165) is 0 Å². The Balaban J connectivity index is -0.00000364. The molecule has 0 aromatic rings. The molecule has 0 aliphatic rings. The van der Waals surface area contributed by atoms with Crippen LogP contribution in [-0.4, -0.2) is 56.5 Å². The van der Waals surface area contributed by atoms with Gasteiger partial charge in [0.2, 0.25) is 0 Å². The zero-order chi connectivity index (χ0) is 22.0. The van der Waals surface area contributed by atoms with Crippen LogP contribution in [-0.2, 0) is 38.7 Å². The van der Waals surface area contributed by atoms with Crippen molar-refractivity contribution in [1.82, 2.24) is 0 Å². The number of carbonyl (C=O) groups is 3. The molecule has 0 saturated carbocycles. The SMILES string of the molecule is C=C(C)C(=O)OCC(CCC)(COC(=O)C(=C)C)C(=O)OCCCS(=O)(=O)O.[H-].[Li+]. The molecule has 0 unspecified atom stereocenters. The molecular weight excluding hydrogens is 399 g/mol. The fourth-order valence-electron chi connectivity index (χ4n) is 2.10. The second kappa shape index (κ2) is 13.6. The molecule has 0 atom stereocenters. The Hall–Kier alpha value is -1.60. The average Bonchev–Trinajstić information content (AvgIpc) is 2.59. The second-order valence-electron chi connectivity index (χ2n) is 6.52. The van der Waals surface area contributed by atoms with E-state index >= 15 is 0 Å². The zero-order valence-corrected chi connectivity index (χ0v) is 18.3. The first-order chi connectivity index (χ1) is 12.8. The van der Waals surface area contributed by atoms with Gasteiger partial charge in [0.25, 0.3) is 10.1 Å². The number of hydrogen-bond acceptors (Lipinski definition) is 8. The smallest absolute Gasteiger partial charge is 1.00 e. The number of rotatable bonds is 13. The van der Waals surface area contributed by atoms with Crippen molar-refractivity contribution in [2.75, 3.05) is 25.6 Å². The maximum atomic E-state index is 12.7. The molecular formula is C18H29LiO9S. The van der Waals surface area contributed by atoms with Crippen molar-refractivity contribution in [2.24, 2.45) is 5.41 Å². The summed E-state index contributed by atoms with van der Waals surface area (Å²) in [6, 6.07) is 0. The molecule has 0 amide bonds. The van der Waals surface area contributed by atoms with E-state index in [0.29, 0.717) is 6.42 Å².